The van der Waals surface area contributed by atoms with E-state index in [2.05, 4.69) is 27.8 Å². The number of hydrogen-bond donors (Lipinski definition) is 2. The van der Waals surface area contributed by atoms with E-state index in [4.69, 9.17) is 4.42 Å². The maximum absolute atomic E-state index is 5.01. The third-order valence-electron chi connectivity index (χ3n) is 2.72. The van der Waals surface area contributed by atoms with Gasteiger partial charge in [-0.3, -0.25) is 0 Å². The molecule has 0 aliphatic carbocycles. The van der Waals surface area contributed by atoms with Crippen LogP contribution in [0.2, 0.25) is 0 Å². The predicted octanol–water partition coefficient (Wildman–Crippen LogP) is 2.35. The van der Waals surface area contributed by atoms with Crippen LogP contribution in [-0.2, 0) is 13.1 Å². The molecular formula is C13H13N3O. The lowest BCUT2D eigenvalue weighted by Gasteiger charge is -2.18. The zero-order chi connectivity index (χ0) is 11.5. The molecule has 1 aromatic carbocycles. The van der Waals surface area contributed by atoms with Gasteiger partial charge in [-0.15, -0.1) is 0 Å². The number of para-hydroxylation sites is 1. The summed E-state index contributed by atoms with van der Waals surface area (Å²) < 4.78 is 5.01. The van der Waals surface area contributed by atoms with E-state index >= 15 is 0 Å². The fourth-order valence-electron chi connectivity index (χ4n) is 1.79. The molecule has 0 fully saturated rings. The van der Waals surface area contributed by atoms with E-state index in [1.165, 1.54) is 5.56 Å². The Bertz CT molecular complexity index is 531. The number of nitrogens with one attached hydrogen (secondary N) is 2. The third kappa shape index (κ3) is 2.15. The summed E-state index contributed by atoms with van der Waals surface area (Å²) in [5.74, 6) is 0.810. The average molecular weight is 227 g/mol. The van der Waals surface area contributed by atoms with E-state index in [1.54, 1.807) is 12.5 Å². The van der Waals surface area contributed by atoms with Gasteiger partial charge in [0.15, 0.2) is 5.96 Å². The molecule has 0 saturated carbocycles. The van der Waals surface area contributed by atoms with Crippen molar-refractivity contribution in [3.8, 4) is 0 Å². The van der Waals surface area contributed by atoms with Crippen molar-refractivity contribution in [1.29, 1.82) is 0 Å². The van der Waals surface area contributed by atoms with Crippen molar-refractivity contribution in [2.45, 2.75) is 13.1 Å². The SMILES string of the molecule is c1ccc2c(c1)CN=C(NCc1ccoc1)N2. The second-order valence-corrected chi connectivity index (χ2v) is 3.93. The molecule has 0 unspecified atom stereocenters. The molecule has 4 nitrogen and oxygen atoms in total. The van der Waals surface area contributed by atoms with Crippen LogP contribution in [0.4, 0.5) is 5.69 Å². The Labute approximate surface area is 99.4 Å². The highest BCUT2D eigenvalue weighted by Gasteiger charge is 2.09. The van der Waals surface area contributed by atoms with E-state index in [0.29, 0.717) is 6.54 Å². The van der Waals surface area contributed by atoms with Crippen LogP contribution in [0.1, 0.15) is 11.1 Å². The zero-order valence-corrected chi connectivity index (χ0v) is 9.31. The molecule has 4 heteroatoms. The quantitative estimate of drug-likeness (QED) is 0.828. The van der Waals surface area contributed by atoms with Gasteiger partial charge in [0, 0.05) is 17.8 Å². The van der Waals surface area contributed by atoms with Crippen LogP contribution < -0.4 is 10.6 Å². The standard InChI is InChI=1S/C13H13N3O/c1-2-4-12-11(3-1)8-15-13(16-12)14-7-10-5-6-17-9-10/h1-6,9H,7-8H2,(H2,14,15,16). The maximum atomic E-state index is 5.01. The summed E-state index contributed by atoms with van der Waals surface area (Å²) in [6.45, 7) is 1.43. The molecule has 0 spiro atoms. The lowest BCUT2D eigenvalue weighted by Crippen LogP contribution is -2.32. The average Bonchev–Trinajstić information content (AvgIpc) is 2.89. The monoisotopic (exact) mass is 227 g/mol. The van der Waals surface area contributed by atoms with Gasteiger partial charge in [-0.05, 0) is 17.7 Å². The van der Waals surface area contributed by atoms with Crippen LogP contribution in [0.5, 0.6) is 0 Å². The van der Waals surface area contributed by atoms with Crippen molar-refractivity contribution in [3.05, 3.63) is 54.0 Å². The van der Waals surface area contributed by atoms with Gasteiger partial charge in [-0.25, -0.2) is 4.99 Å². The molecular weight excluding hydrogens is 214 g/mol. The number of guanidine groups is 1. The largest absolute Gasteiger partial charge is 0.472 e. The fraction of sp³-hybridized carbons (Fsp3) is 0.154. The number of furan rings is 1. The van der Waals surface area contributed by atoms with Gasteiger partial charge in [0.05, 0.1) is 19.1 Å². The van der Waals surface area contributed by atoms with E-state index in [1.807, 2.05) is 18.2 Å². The van der Waals surface area contributed by atoms with Gasteiger partial charge in [-0.1, -0.05) is 18.2 Å². The van der Waals surface area contributed by atoms with E-state index < -0.39 is 0 Å². The molecule has 2 aromatic rings. The van der Waals surface area contributed by atoms with Crippen LogP contribution in [0.25, 0.3) is 0 Å². The first-order valence-electron chi connectivity index (χ1n) is 5.56. The Kier molecular flexibility index (Phi) is 2.54. The summed E-state index contributed by atoms with van der Waals surface area (Å²) in [7, 11) is 0. The van der Waals surface area contributed by atoms with Gasteiger partial charge in [0.1, 0.15) is 0 Å². The molecule has 0 saturated heterocycles. The summed E-state index contributed by atoms with van der Waals surface area (Å²) in [5, 5.41) is 6.51. The van der Waals surface area contributed by atoms with Crippen LogP contribution in [0.15, 0.2) is 52.3 Å². The van der Waals surface area contributed by atoms with Gasteiger partial charge < -0.3 is 15.1 Å². The Morgan fingerprint density at radius 1 is 1.29 bits per heavy atom. The molecule has 0 bridgehead atoms. The molecule has 3 rings (SSSR count). The number of hydrogen-bond acceptors (Lipinski definition) is 4. The highest BCUT2D eigenvalue weighted by atomic mass is 16.3. The highest BCUT2D eigenvalue weighted by Crippen LogP contribution is 2.19. The van der Waals surface area contributed by atoms with E-state index in [-0.39, 0.29) is 0 Å². The first kappa shape index (κ1) is 9.96. The van der Waals surface area contributed by atoms with Crippen molar-refractivity contribution >= 4 is 11.6 Å². The first-order valence-corrected chi connectivity index (χ1v) is 5.56. The van der Waals surface area contributed by atoms with Gasteiger partial charge in [0.25, 0.3) is 0 Å². The molecule has 1 aliphatic heterocycles. The van der Waals surface area contributed by atoms with Crippen molar-refractivity contribution in [3.63, 3.8) is 0 Å². The van der Waals surface area contributed by atoms with Crippen LogP contribution in [0, 0.1) is 0 Å². The fourth-order valence-corrected chi connectivity index (χ4v) is 1.79. The van der Waals surface area contributed by atoms with Gasteiger partial charge in [0.2, 0.25) is 0 Å². The van der Waals surface area contributed by atoms with Crippen molar-refractivity contribution < 1.29 is 4.42 Å². The molecule has 2 N–H and O–H groups in total. The molecule has 17 heavy (non-hydrogen) atoms. The third-order valence-corrected chi connectivity index (χ3v) is 2.72. The minimum Gasteiger partial charge on any atom is -0.472 e. The summed E-state index contributed by atoms with van der Waals surface area (Å²) >= 11 is 0. The molecule has 1 aromatic heterocycles. The molecule has 0 amide bonds. The Hall–Kier alpha value is -2.23. The summed E-state index contributed by atoms with van der Waals surface area (Å²) in [5.41, 5.74) is 3.45. The Morgan fingerprint density at radius 3 is 3.12 bits per heavy atom. The maximum Gasteiger partial charge on any atom is 0.196 e. The number of rotatable bonds is 2. The number of benzene rings is 1. The molecule has 86 valence electrons. The lowest BCUT2D eigenvalue weighted by atomic mass is 10.1. The van der Waals surface area contributed by atoms with Crippen LogP contribution in [0.3, 0.4) is 0 Å². The molecule has 0 atom stereocenters. The summed E-state index contributed by atoms with van der Waals surface area (Å²) in [6, 6.07) is 10.1. The molecule has 0 radical (unpaired) electrons. The smallest absolute Gasteiger partial charge is 0.196 e. The van der Waals surface area contributed by atoms with Gasteiger partial charge in [-0.2, -0.15) is 0 Å². The number of aliphatic imine (C=N–C) groups is 1. The molecule has 2 heterocycles. The topological polar surface area (TPSA) is 49.6 Å². The predicted molar refractivity (Wildman–Crippen MR) is 66.8 cm³/mol. The van der Waals surface area contributed by atoms with Gasteiger partial charge >= 0.3 is 0 Å². The lowest BCUT2D eigenvalue weighted by molar-refractivity contribution is 0.563. The summed E-state index contributed by atoms with van der Waals surface area (Å²) in [4.78, 5) is 4.43. The number of nitrogens with zero attached hydrogens (tertiary/aromatic N) is 1. The highest BCUT2D eigenvalue weighted by molar-refractivity contribution is 5.95. The molecule has 1 aliphatic rings. The minimum atomic E-state index is 0.713. The zero-order valence-electron chi connectivity index (χ0n) is 9.31. The van der Waals surface area contributed by atoms with E-state index in [0.717, 1.165) is 23.8 Å². The van der Waals surface area contributed by atoms with Crippen molar-refractivity contribution in [2.75, 3.05) is 5.32 Å². The first-order chi connectivity index (χ1) is 8.42. The van der Waals surface area contributed by atoms with Crippen molar-refractivity contribution in [1.82, 2.24) is 5.32 Å². The van der Waals surface area contributed by atoms with Crippen LogP contribution >= 0.6 is 0 Å². The second-order valence-electron chi connectivity index (χ2n) is 3.93. The Morgan fingerprint density at radius 2 is 2.24 bits per heavy atom. The number of fused-ring (bicyclic) bond motifs is 1. The van der Waals surface area contributed by atoms with Crippen molar-refractivity contribution in [2.24, 2.45) is 4.99 Å². The normalized spacial score (nSPS) is 13.5. The summed E-state index contributed by atoms with van der Waals surface area (Å²) in [6.07, 6.45) is 3.40. The second kappa shape index (κ2) is 4.33. The minimum absolute atomic E-state index is 0.713. The van der Waals surface area contributed by atoms with Crippen LogP contribution in [-0.4, -0.2) is 5.96 Å². The number of anilines is 1. The van der Waals surface area contributed by atoms with E-state index in [9.17, 15) is 0 Å². The Balaban J connectivity index is 1.65.